The molecule has 0 spiro atoms. The summed E-state index contributed by atoms with van der Waals surface area (Å²) in [7, 11) is 1.71. The Kier molecular flexibility index (Phi) is 5.86. The van der Waals surface area contributed by atoms with Crippen molar-refractivity contribution in [2.45, 2.75) is 39.3 Å². The van der Waals surface area contributed by atoms with Gasteiger partial charge in [-0.2, -0.15) is 0 Å². The Bertz CT molecular complexity index is 339. The smallest absolute Gasteiger partial charge is 0.119 e. The van der Waals surface area contributed by atoms with Crippen LogP contribution in [0.25, 0.3) is 0 Å². The van der Waals surface area contributed by atoms with Crippen LogP contribution >= 0.6 is 23.7 Å². The standard InChI is InChI=1S/C12H20N2OS.ClH/c1-12(4-3-5-12)9-13-6-10-8-16-11(14-10)7-15-2;/h8,13H,3-7,9H2,1-2H3;1H. The molecule has 5 heteroatoms. The number of hydrogen-bond donors (Lipinski definition) is 1. The molecule has 0 aliphatic heterocycles. The van der Waals surface area contributed by atoms with E-state index in [1.54, 1.807) is 18.4 Å². The van der Waals surface area contributed by atoms with Crippen molar-refractivity contribution in [1.29, 1.82) is 0 Å². The molecule has 1 fully saturated rings. The van der Waals surface area contributed by atoms with Crippen LogP contribution in [0.3, 0.4) is 0 Å². The number of hydrogen-bond acceptors (Lipinski definition) is 4. The van der Waals surface area contributed by atoms with Crippen LogP contribution in [-0.2, 0) is 17.9 Å². The maximum absolute atomic E-state index is 5.05. The number of rotatable bonds is 6. The van der Waals surface area contributed by atoms with Crippen molar-refractivity contribution in [3.63, 3.8) is 0 Å². The summed E-state index contributed by atoms with van der Waals surface area (Å²) in [6, 6.07) is 0. The fourth-order valence-corrected chi connectivity index (χ4v) is 2.83. The highest BCUT2D eigenvalue weighted by atomic mass is 35.5. The predicted molar refractivity (Wildman–Crippen MR) is 73.7 cm³/mol. The van der Waals surface area contributed by atoms with E-state index < -0.39 is 0 Å². The van der Waals surface area contributed by atoms with E-state index in [2.05, 4.69) is 22.6 Å². The van der Waals surface area contributed by atoms with Gasteiger partial charge in [0, 0.05) is 25.6 Å². The molecule has 0 aromatic carbocycles. The molecule has 17 heavy (non-hydrogen) atoms. The zero-order valence-corrected chi connectivity index (χ0v) is 12.1. The van der Waals surface area contributed by atoms with Crippen molar-refractivity contribution in [3.05, 3.63) is 16.1 Å². The molecule has 2 rings (SSSR count). The lowest BCUT2D eigenvalue weighted by Crippen LogP contribution is -2.37. The van der Waals surface area contributed by atoms with Crippen molar-refractivity contribution >= 4 is 23.7 Å². The summed E-state index contributed by atoms with van der Waals surface area (Å²) in [4.78, 5) is 4.49. The summed E-state index contributed by atoms with van der Waals surface area (Å²) in [5, 5.41) is 6.68. The van der Waals surface area contributed by atoms with Gasteiger partial charge in [0.2, 0.25) is 0 Å². The largest absolute Gasteiger partial charge is 0.378 e. The topological polar surface area (TPSA) is 34.1 Å². The van der Waals surface area contributed by atoms with Crippen molar-refractivity contribution in [2.24, 2.45) is 5.41 Å². The minimum absolute atomic E-state index is 0. The Morgan fingerprint density at radius 3 is 2.88 bits per heavy atom. The van der Waals surface area contributed by atoms with E-state index in [4.69, 9.17) is 4.74 Å². The second kappa shape index (κ2) is 6.69. The highest BCUT2D eigenvalue weighted by molar-refractivity contribution is 7.09. The van der Waals surface area contributed by atoms with E-state index in [0.29, 0.717) is 12.0 Å². The zero-order chi connectivity index (χ0) is 11.4. The molecule has 1 aliphatic rings. The second-order valence-electron chi connectivity index (χ2n) is 4.93. The Morgan fingerprint density at radius 2 is 2.29 bits per heavy atom. The van der Waals surface area contributed by atoms with Crippen LogP contribution < -0.4 is 5.32 Å². The lowest BCUT2D eigenvalue weighted by molar-refractivity contribution is 0.156. The molecule has 1 aromatic heterocycles. The molecule has 1 saturated carbocycles. The first-order chi connectivity index (χ1) is 7.72. The highest BCUT2D eigenvalue weighted by Crippen LogP contribution is 2.39. The molecule has 0 radical (unpaired) electrons. The second-order valence-corrected chi connectivity index (χ2v) is 5.88. The normalized spacial score (nSPS) is 17.3. The lowest BCUT2D eigenvalue weighted by Gasteiger charge is -2.38. The molecule has 0 amide bonds. The van der Waals surface area contributed by atoms with Gasteiger partial charge < -0.3 is 10.1 Å². The fraction of sp³-hybridized carbons (Fsp3) is 0.750. The molecular weight excluding hydrogens is 256 g/mol. The molecule has 3 nitrogen and oxygen atoms in total. The maximum atomic E-state index is 5.05. The summed E-state index contributed by atoms with van der Waals surface area (Å²) in [5.41, 5.74) is 1.69. The minimum atomic E-state index is 0. The average molecular weight is 277 g/mol. The Hall–Kier alpha value is -0.160. The summed E-state index contributed by atoms with van der Waals surface area (Å²) < 4.78 is 5.05. The molecule has 1 aliphatic carbocycles. The third-order valence-corrected chi connectivity index (χ3v) is 4.16. The van der Waals surface area contributed by atoms with Crippen molar-refractivity contribution in [2.75, 3.05) is 13.7 Å². The van der Waals surface area contributed by atoms with Crippen molar-refractivity contribution in [1.82, 2.24) is 10.3 Å². The van der Waals surface area contributed by atoms with Gasteiger partial charge in [-0.05, 0) is 18.3 Å². The van der Waals surface area contributed by atoms with Gasteiger partial charge >= 0.3 is 0 Å². The Morgan fingerprint density at radius 1 is 1.53 bits per heavy atom. The highest BCUT2D eigenvalue weighted by Gasteiger charge is 2.30. The summed E-state index contributed by atoms with van der Waals surface area (Å²) in [6.07, 6.45) is 4.13. The quantitative estimate of drug-likeness (QED) is 0.867. The fourth-order valence-electron chi connectivity index (χ4n) is 2.07. The molecule has 0 atom stereocenters. The van der Waals surface area contributed by atoms with Gasteiger partial charge in [0.25, 0.3) is 0 Å². The van der Waals surface area contributed by atoms with Crippen LogP contribution in [0.2, 0.25) is 0 Å². The number of nitrogens with zero attached hydrogens (tertiary/aromatic N) is 1. The summed E-state index contributed by atoms with van der Waals surface area (Å²) >= 11 is 1.68. The van der Waals surface area contributed by atoms with Crippen molar-refractivity contribution in [3.8, 4) is 0 Å². The Balaban J connectivity index is 0.00000144. The maximum Gasteiger partial charge on any atom is 0.119 e. The lowest BCUT2D eigenvalue weighted by atomic mass is 9.70. The third-order valence-electron chi connectivity index (χ3n) is 3.29. The monoisotopic (exact) mass is 276 g/mol. The molecule has 1 heterocycles. The van der Waals surface area contributed by atoms with Crippen molar-refractivity contribution < 1.29 is 4.74 Å². The van der Waals surface area contributed by atoms with Gasteiger partial charge in [-0.3, -0.25) is 0 Å². The molecule has 98 valence electrons. The van der Waals surface area contributed by atoms with E-state index in [0.717, 1.165) is 23.8 Å². The first kappa shape index (κ1) is 14.9. The van der Waals surface area contributed by atoms with E-state index in [1.165, 1.54) is 19.3 Å². The van der Waals surface area contributed by atoms with E-state index in [-0.39, 0.29) is 12.4 Å². The molecule has 0 bridgehead atoms. The van der Waals surface area contributed by atoms with E-state index >= 15 is 0 Å². The van der Waals surface area contributed by atoms with Gasteiger partial charge in [0.15, 0.2) is 0 Å². The summed E-state index contributed by atoms with van der Waals surface area (Å²) in [6.45, 7) is 4.99. The average Bonchev–Trinajstić information content (AvgIpc) is 2.64. The number of methoxy groups -OCH3 is 1. The number of nitrogens with one attached hydrogen (secondary N) is 1. The predicted octanol–water partition coefficient (Wildman–Crippen LogP) is 2.99. The van der Waals surface area contributed by atoms with Gasteiger partial charge in [-0.25, -0.2) is 4.98 Å². The zero-order valence-electron chi connectivity index (χ0n) is 10.5. The van der Waals surface area contributed by atoms with Crippen LogP contribution in [0.5, 0.6) is 0 Å². The molecule has 0 unspecified atom stereocenters. The van der Waals surface area contributed by atoms with Crippen LogP contribution in [0.4, 0.5) is 0 Å². The van der Waals surface area contributed by atoms with Crippen LogP contribution in [0.15, 0.2) is 5.38 Å². The molecule has 1 N–H and O–H groups in total. The molecule has 0 saturated heterocycles. The molecular formula is C12H21ClN2OS. The first-order valence-electron chi connectivity index (χ1n) is 5.85. The van der Waals surface area contributed by atoms with E-state index in [9.17, 15) is 0 Å². The van der Waals surface area contributed by atoms with E-state index in [1.807, 2.05) is 0 Å². The molecule has 1 aromatic rings. The number of thiazole rings is 1. The number of ether oxygens (including phenoxy) is 1. The van der Waals surface area contributed by atoms with Gasteiger partial charge in [0.05, 0.1) is 12.3 Å². The van der Waals surface area contributed by atoms with Crippen LogP contribution in [-0.4, -0.2) is 18.6 Å². The first-order valence-corrected chi connectivity index (χ1v) is 6.73. The van der Waals surface area contributed by atoms with Gasteiger partial charge in [-0.15, -0.1) is 23.7 Å². The van der Waals surface area contributed by atoms with Gasteiger partial charge in [-0.1, -0.05) is 13.3 Å². The minimum Gasteiger partial charge on any atom is -0.378 e. The van der Waals surface area contributed by atoms with Crippen LogP contribution in [0, 0.1) is 5.41 Å². The SMILES string of the molecule is COCc1nc(CNCC2(C)CCC2)cs1.Cl. The number of aromatic nitrogens is 1. The summed E-state index contributed by atoms with van der Waals surface area (Å²) in [5.74, 6) is 0. The Labute approximate surface area is 113 Å². The third kappa shape index (κ3) is 4.21. The van der Waals surface area contributed by atoms with Gasteiger partial charge in [0.1, 0.15) is 5.01 Å². The van der Waals surface area contributed by atoms with Crippen LogP contribution in [0.1, 0.15) is 36.9 Å². The number of halogens is 1.